The van der Waals surface area contributed by atoms with E-state index in [1.807, 2.05) is 0 Å². The number of likely N-dealkylation sites (N-methyl/N-ethyl adjacent to an activating group) is 1. The van der Waals surface area contributed by atoms with Crippen molar-refractivity contribution in [3.05, 3.63) is 47.5 Å². The van der Waals surface area contributed by atoms with E-state index in [-0.39, 0.29) is 0 Å². The van der Waals surface area contributed by atoms with Crippen molar-refractivity contribution in [1.82, 2.24) is 4.90 Å². The van der Waals surface area contributed by atoms with Gasteiger partial charge in [-0.3, -0.25) is 4.90 Å². The van der Waals surface area contributed by atoms with Crippen LogP contribution >= 0.6 is 0 Å². The third kappa shape index (κ3) is 4.63. The summed E-state index contributed by atoms with van der Waals surface area (Å²) in [6.07, 6.45) is 0. The van der Waals surface area contributed by atoms with Crippen molar-refractivity contribution >= 4 is 0 Å². The normalized spacial score (nSPS) is 12.7. The van der Waals surface area contributed by atoms with E-state index in [1.165, 1.54) is 16.7 Å². The molecule has 18 heavy (non-hydrogen) atoms. The maximum atomic E-state index is 5.68. The number of benzene rings is 1. The summed E-state index contributed by atoms with van der Waals surface area (Å²) in [5.41, 5.74) is 9.57. The molecule has 1 aromatic rings. The molecule has 0 aliphatic rings. The molecule has 0 heterocycles. The molecule has 1 aromatic carbocycles. The van der Waals surface area contributed by atoms with E-state index in [0.29, 0.717) is 12.5 Å². The molecule has 2 heteroatoms. The van der Waals surface area contributed by atoms with Gasteiger partial charge in [0.2, 0.25) is 0 Å². The van der Waals surface area contributed by atoms with Crippen LogP contribution in [0.4, 0.5) is 0 Å². The van der Waals surface area contributed by atoms with Gasteiger partial charge < -0.3 is 5.73 Å². The standard InChI is InChI=1S/C16H26N2/c1-5-18(11-13(2)3)12-15-6-8-16(9-7-15)14(4)10-17/h6-9,14H,2,5,10-12,17H2,1,3-4H3. The Balaban J connectivity index is 2.64. The van der Waals surface area contributed by atoms with Gasteiger partial charge in [0.05, 0.1) is 0 Å². The summed E-state index contributed by atoms with van der Waals surface area (Å²) < 4.78 is 0. The predicted octanol–water partition coefficient (Wildman–Crippen LogP) is 3.15. The van der Waals surface area contributed by atoms with Gasteiger partial charge in [-0.25, -0.2) is 0 Å². The van der Waals surface area contributed by atoms with Gasteiger partial charge in [0, 0.05) is 13.1 Å². The number of nitrogens with zero attached hydrogens (tertiary/aromatic N) is 1. The molecule has 1 unspecified atom stereocenters. The van der Waals surface area contributed by atoms with Gasteiger partial charge in [0.15, 0.2) is 0 Å². The molecule has 1 atom stereocenters. The molecule has 100 valence electrons. The fourth-order valence-corrected chi connectivity index (χ4v) is 2.01. The van der Waals surface area contributed by atoms with Crippen molar-refractivity contribution in [2.75, 3.05) is 19.6 Å². The Labute approximate surface area is 111 Å². The van der Waals surface area contributed by atoms with E-state index < -0.39 is 0 Å². The van der Waals surface area contributed by atoms with Gasteiger partial charge in [-0.05, 0) is 37.1 Å². The molecule has 0 aliphatic carbocycles. The number of hydrogen-bond donors (Lipinski definition) is 1. The highest BCUT2D eigenvalue weighted by Crippen LogP contribution is 2.15. The molecule has 0 fully saturated rings. The minimum Gasteiger partial charge on any atom is -0.330 e. The molecule has 2 N–H and O–H groups in total. The second-order valence-corrected chi connectivity index (χ2v) is 5.14. The monoisotopic (exact) mass is 246 g/mol. The summed E-state index contributed by atoms with van der Waals surface area (Å²) in [7, 11) is 0. The smallest absolute Gasteiger partial charge is 0.0237 e. The summed E-state index contributed by atoms with van der Waals surface area (Å²) in [4.78, 5) is 2.39. The number of hydrogen-bond acceptors (Lipinski definition) is 2. The van der Waals surface area contributed by atoms with Gasteiger partial charge in [-0.2, -0.15) is 0 Å². The largest absolute Gasteiger partial charge is 0.330 e. The van der Waals surface area contributed by atoms with Crippen LogP contribution in [0.25, 0.3) is 0 Å². The van der Waals surface area contributed by atoms with Crippen LogP contribution < -0.4 is 5.73 Å². The summed E-state index contributed by atoms with van der Waals surface area (Å²) in [5.74, 6) is 0.441. The summed E-state index contributed by atoms with van der Waals surface area (Å²) in [5, 5.41) is 0. The van der Waals surface area contributed by atoms with Gasteiger partial charge in [0.1, 0.15) is 0 Å². The van der Waals surface area contributed by atoms with Crippen molar-refractivity contribution in [2.24, 2.45) is 5.73 Å². The van der Waals surface area contributed by atoms with Crippen molar-refractivity contribution < 1.29 is 0 Å². The fourth-order valence-electron chi connectivity index (χ4n) is 2.01. The molecule has 0 aliphatic heterocycles. The third-order valence-electron chi connectivity index (χ3n) is 3.25. The molecule has 0 bridgehead atoms. The lowest BCUT2D eigenvalue weighted by molar-refractivity contribution is 0.304. The van der Waals surface area contributed by atoms with E-state index in [2.05, 4.69) is 56.5 Å². The topological polar surface area (TPSA) is 29.3 Å². The van der Waals surface area contributed by atoms with E-state index in [1.54, 1.807) is 0 Å². The molecule has 0 saturated carbocycles. The zero-order chi connectivity index (χ0) is 13.5. The number of nitrogens with two attached hydrogens (primary N) is 1. The first-order chi connectivity index (χ1) is 8.56. The lowest BCUT2D eigenvalue weighted by atomic mass is 10.00. The van der Waals surface area contributed by atoms with Crippen LogP contribution in [0.1, 0.15) is 37.8 Å². The van der Waals surface area contributed by atoms with Gasteiger partial charge in [0.25, 0.3) is 0 Å². The van der Waals surface area contributed by atoms with Gasteiger partial charge >= 0.3 is 0 Å². The van der Waals surface area contributed by atoms with E-state index in [9.17, 15) is 0 Å². The van der Waals surface area contributed by atoms with Gasteiger partial charge in [-0.15, -0.1) is 0 Å². The van der Waals surface area contributed by atoms with E-state index >= 15 is 0 Å². The summed E-state index contributed by atoms with van der Waals surface area (Å²) >= 11 is 0. The Morgan fingerprint density at radius 1 is 1.33 bits per heavy atom. The van der Waals surface area contributed by atoms with Crippen molar-refractivity contribution in [3.63, 3.8) is 0 Å². The maximum Gasteiger partial charge on any atom is 0.0237 e. The molecule has 0 radical (unpaired) electrons. The highest BCUT2D eigenvalue weighted by molar-refractivity contribution is 5.25. The Kier molecular flexibility index (Phi) is 6.10. The zero-order valence-corrected chi connectivity index (χ0v) is 11.9. The minimum absolute atomic E-state index is 0.441. The molecule has 0 aromatic heterocycles. The van der Waals surface area contributed by atoms with Crippen molar-refractivity contribution in [2.45, 2.75) is 33.2 Å². The maximum absolute atomic E-state index is 5.68. The van der Waals surface area contributed by atoms with Crippen LogP contribution in [0, 0.1) is 0 Å². The molecule has 1 rings (SSSR count). The Morgan fingerprint density at radius 3 is 2.39 bits per heavy atom. The average molecular weight is 246 g/mol. The average Bonchev–Trinajstić information content (AvgIpc) is 2.37. The summed E-state index contributed by atoms with van der Waals surface area (Å²) in [6.45, 7) is 14.1. The molecule has 2 nitrogen and oxygen atoms in total. The fraction of sp³-hybridized carbons (Fsp3) is 0.500. The van der Waals surface area contributed by atoms with Gasteiger partial charge in [-0.1, -0.05) is 50.3 Å². The van der Waals surface area contributed by atoms with Crippen LogP contribution in [0.2, 0.25) is 0 Å². The van der Waals surface area contributed by atoms with E-state index in [4.69, 9.17) is 5.73 Å². The lowest BCUT2D eigenvalue weighted by Crippen LogP contribution is -2.24. The first kappa shape index (κ1) is 14.9. The highest BCUT2D eigenvalue weighted by atomic mass is 15.1. The Hall–Kier alpha value is -1.12. The molecule has 0 saturated heterocycles. The third-order valence-corrected chi connectivity index (χ3v) is 3.25. The van der Waals surface area contributed by atoms with Crippen LogP contribution in [0.15, 0.2) is 36.4 Å². The molecule has 0 amide bonds. The number of rotatable bonds is 7. The Bertz CT molecular complexity index is 367. The zero-order valence-electron chi connectivity index (χ0n) is 11.9. The summed E-state index contributed by atoms with van der Waals surface area (Å²) in [6, 6.07) is 8.81. The lowest BCUT2D eigenvalue weighted by Gasteiger charge is -2.20. The highest BCUT2D eigenvalue weighted by Gasteiger charge is 2.06. The second kappa shape index (κ2) is 7.34. The van der Waals surface area contributed by atoms with Crippen LogP contribution in [-0.2, 0) is 6.54 Å². The first-order valence-electron chi connectivity index (χ1n) is 6.72. The van der Waals surface area contributed by atoms with Crippen molar-refractivity contribution in [1.29, 1.82) is 0 Å². The predicted molar refractivity (Wildman–Crippen MR) is 79.7 cm³/mol. The second-order valence-electron chi connectivity index (χ2n) is 5.14. The van der Waals surface area contributed by atoms with Crippen LogP contribution in [-0.4, -0.2) is 24.5 Å². The SMILES string of the molecule is C=C(C)CN(CC)Cc1ccc(C(C)CN)cc1. The first-order valence-corrected chi connectivity index (χ1v) is 6.72. The van der Waals surface area contributed by atoms with Crippen LogP contribution in [0.5, 0.6) is 0 Å². The quantitative estimate of drug-likeness (QED) is 0.749. The Morgan fingerprint density at radius 2 is 1.94 bits per heavy atom. The van der Waals surface area contributed by atoms with Crippen molar-refractivity contribution in [3.8, 4) is 0 Å². The van der Waals surface area contributed by atoms with Crippen LogP contribution in [0.3, 0.4) is 0 Å². The molecular formula is C16H26N2. The molecular weight excluding hydrogens is 220 g/mol. The minimum atomic E-state index is 0.441. The van der Waals surface area contributed by atoms with E-state index in [0.717, 1.165) is 19.6 Å². The molecule has 0 spiro atoms.